The van der Waals surface area contributed by atoms with Crippen molar-refractivity contribution in [3.05, 3.63) is 0 Å². The normalized spacial score (nSPS) is 21.0. The molecule has 1 aliphatic rings. The summed E-state index contributed by atoms with van der Waals surface area (Å²) >= 11 is 1.86. The number of hydrogen-bond acceptors (Lipinski definition) is 3. The molecular weight excluding hydrogens is 252 g/mol. The summed E-state index contributed by atoms with van der Waals surface area (Å²) in [5.41, 5.74) is 0. The van der Waals surface area contributed by atoms with Gasteiger partial charge >= 0.3 is 12.0 Å². The topological polar surface area (TPSA) is 60.9 Å². The predicted molar refractivity (Wildman–Crippen MR) is 73.0 cm³/mol. The summed E-state index contributed by atoms with van der Waals surface area (Å²) in [6.45, 7) is 7.25. The highest BCUT2D eigenvalue weighted by Crippen LogP contribution is 2.30. The van der Waals surface area contributed by atoms with Crippen LogP contribution in [0.25, 0.3) is 0 Å². The van der Waals surface area contributed by atoms with Gasteiger partial charge in [0.1, 0.15) is 6.04 Å². The van der Waals surface area contributed by atoms with Crippen molar-refractivity contribution in [3.63, 3.8) is 0 Å². The number of carbonyl (C=O) groups excluding carboxylic acids is 1. The van der Waals surface area contributed by atoms with Crippen molar-refractivity contribution in [2.45, 2.75) is 38.0 Å². The van der Waals surface area contributed by atoms with Gasteiger partial charge in [-0.2, -0.15) is 11.8 Å². The second kappa shape index (κ2) is 5.82. The smallest absolute Gasteiger partial charge is 0.326 e. The van der Waals surface area contributed by atoms with Crippen molar-refractivity contribution < 1.29 is 14.7 Å². The fourth-order valence-electron chi connectivity index (χ4n) is 1.77. The van der Waals surface area contributed by atoms with E-state index in [0.29, 0.717) is 13.1 Å². The van der Waals surface area contributed by atoms with Gasteiger partial charge in [0.15, 0.2) is 0 Å². The first-order valence-electron chi connectivity index (χ1n) is 6.13. The molecule has 1 fully saturated rings. The highest BCUT2D eigenvalue weighted by atomic mass is 32.2. The summed E-state index contributed by atoms with van der Waals surface area (Å²) in [7, 11) is 1.55. The molecule has 0 spiro atoms. The van der Waals surface area contributed by atoms with E-state index in [-0.39, 0.29) is 10.8 Å². The van der Waals surface area contributed by atoms with Gasteiger partial charge in [0, 0.05) is 30.6 Å². The maximum absolute atomic E-state index is 12.2. The molecule has 104 valence electrons. The van der Waals surface area contributed by atoms with Gasteiger partial charge in [-0.3, -0.25) is 0 Å². The van der Waals surface area contributed by atoms with E-state index in [0.717, 1.165) is 12.2 Å². The quantitative estimate of drug-likeness (QED) is 0.833. The van der Waals surface area contributed by atoms with E-state index >= 15 is 0 Å². The third kappa shape index (κ3) is 3.80. The number of aliphatic carboxylic acids is 1. The van der Waals surface area contributed by atoms with Gasteiger partial charge in [-0.1, -0.05) is 13.8 Å². The van der Waals surface area contributed by atoms with Crippen molar-refractivity contribution >= 4 is 23.8 Å². The Morgan fingerprint density at radius 2 is 2.00 bits per heavy atom. The van der Waals surface area contributed by atoms with Gasteiger partial charge in [-0.05, 0) is 13.3 Å². The van der Waals surface area contributed by atoms with Crippen LogP contribution >= 0.6 is 11.8 Å². The average molecular weight is 274 g/mol. The minimum atomic E-state index is -0.977. The van der Waals surface area contributed by atoms with Crippen LogP contribution in [0.15, 0.2) is 0 Å². The lowest BCUT2D eigenvalue weighted by atomic mass is 10.1. The molecule has 6 heteroatoms. The third-order valence-corrected chi connectivity index (χ3v) is 4.72. The lowest BCUT2D eigenvalue weighted by molar-refractivity contribution is -0.141. The molecule has 1 rings (SSSR count). The number of urea groups is 1. The fourth-order valence-corrected chi connectivity index (χ4v) is 2.87. The zero-order valence-electron chi connectivity index (χ0n) is 11.5. The van der Waals surface area contributed by atoms with Crippen LogP contribution in [0.1, 0.15) is 27.2 Å². The Morgan fingerprint density at radius 1 is 1.39 bits per heavy atom. The Morgan fingerprint density at radius 3 is 2.56 bits per heavy atom. The fraction of sp³-hybridized carbons (Fsp3) is 0.833. The number of carbonyl (C=O) groups is 2. The molecule has 0 aliphatic carbocycles. The number of carboxylic acid groups (broad SMARTS) is 1. The van der Waals surface area contributed by atoms with Crippen LogP contribution in [0, 0.1) is 0 Å². The summed E-state index contributed by atoms with van der Waals surface area (Å²) in [6.07, 6.45) is 0.929. The largest absolute Gasteiger partial charge is 0.480 e. The van der Waals surface area contributed by atoms with Crippen LogP contribution in [-0.2, 0) is 4.79 Å². The zero-order chi connectivity index (χ0) is 13.9. The van der Waals surface area contributed by atoms with Crippen molar-refractivity contribution in [1.29, 1.82) is 0 Å². The molecule has 1 saturated heterocycles. The summed E-state index contributed by atoms with van der Waals surface area (Å²) in [5, 5.41) is 8.92. The van der Waals surface area contributed by atoms with Crippen molar-refractivity contribution in [2.75, 3.05) is 25.9 Å². The third-order valence-electron chi connectivity index (χ3n) is 3.35. The van der Waals surface area contributed by atoms with Crippen LogP contribution in [0.4, 0.5) is 4.79 Å². The number of amides is 2. The number of hydrogen-bond donors (Lipinski definition) is 1. The second-order valence-corrected chi connectivity index (χ2v) is 7.05. The lowest BCUT2D eigenvalue weighted by Gasteiger charge is -2.29. The van der Waals surface area contributed by atoms with Gasteiger partial charge in [0.25, 0.3) is 0 Å². The van der Waals surface area contributed by atoms with Crippen LogP contribution in [-0.4, -0.2) is 63.6 Å². The molecular formula is C12H22N2O3S. The summed E-state index contributed by atoms with van der Waals surface area (Å²) < 4.78 is 0.187. The highest BCUT2D eigenvalue weighted by Gasteiger charge is 2.30. The van der Waals surface area contributed by atoms with Crippen LogP contribution in [0.3, 0.4) is 0 Å². The molecule has 1 heterocycles. The van der Waals surface area contributed by atoms with Gasteiger partial charge in [-0.25, -0.2) is 9.59 Å². The van der Waals surface area contributed by atoms with E-state index in [2.05, 4.69) is 13.8 Å². The Kier molecular flexibility index (Phi) is 4.90. The second-order valence-electron chi connectivity index (χ2n) is 5.25. The number of carboxylic acids is 1. The summed E-state index contributed by atoms with van der Waals surface area (Å²) in [6, 6.07) is -0.982. The van der Waals surface area contributed by atoms with E-state index in [1.54, 1.807) is 11.9 Å². The first-order chi connectivity index (χ1) is 8.24. The number of rotatable bonds is 2. The monoisotopic (exact) mass is 274 g/mol. The molecule has 18 heavy (non-hydrogen) atoms. The Balaban J connectivity index is 2.64. The Bertz CT molecular complexity index is 333. The van der Waals surface area contributed by atoms with Gasteiger partial charge in [0.2, 0.25) is 0 Å². The van der Waals surface area contributed by atoms with Crippen molar-refractivity contribution in [2.24, 2.45) is 0 Å². The minimum Gasteiger partial charge on any atom is -0.480 e. The predicted octanol–water partition coefficient (Wildman–Crippen LogP) is 1.73. The molecule has 0 bridgehead atoms. The van der Waals surface area contributed by atoms with E-state index < -0.39 is 12.0 Å². The van der Waals surface area contributed by atoms with Gasteiger partial charge in [0.05, 0.1) is 0 Å². The zero-order valence-corrected chi connectivity index (χ0v) is 12.3. The minimum absolute atomic E-state index is 0.187. The molecule has 0 aromatic carbocycles. The maximum Gasteiger partial charge on any atom is 0.326 e. The Labute approximate surface area is 113 Å². The van der Waals surface area contributed by atoms with E-state index in [4.69, 9.17) is 5.11 Å². The average Bonchev–Trinajstić information content (AvgIpc) is 2.47. The molecule has 0 aromatic rings. The molecule has 0 aromatic heterocycles. The number of nitrogens with zero attached hydrogens (tertiary/aromatic N) is 2. The molecule has 1 unspecified atom stereocenters. The lowest BCUT2D eigenvalue weighted by Crippen LogP contribution is -2.48. The van der Waals surface area contributed by atoms with Gasteiger partial charge < -0.3 is 14.9 Å². The molecule has 2 amide bonds. The van der Waals surface area contributed by atoms with Crippen molar-refractivity contribution in [3.8, 4) is 0 Å². The van der Waals surface area contributed by atoms with E-state index in [9.17, 15) is 9.59 Å². The molecule has 5 nitrogen and oxygen atoms in total. The van der Waals surface area contributed by atoms with Crippen LogP contribution in [0.5, 0.6) is 0 Å². The standard InChI is InChI=1S/C12H22N2O3S/c1-9(10(15)16)13(4)11(17)14-6-5-12(2,3)18-8-7-14/h9H,5-8H2,1-4H3,(H,15,16). The van der Waals surface area contributed by atoms with E-state index in [1.807, 2.05) is 11.8 Å². The van der Waals surface area contributed by atoms with E-state index in [1.165, 1.54) is 11.8 Å². The van der Waals surface area contributed by atoms with Crippen molar-refractivity contribution in [1.82, 2.24) is 9.80 Å². The Hall–Kier alpha value is -0.910. The van der Waals surface area contributed by atoms with Crippen LogP contribution < -0.4 is 0 Å². The van der Waals surface area contributed by atoms with Crippen LogP contribution in [0.2, 0.25) is 0 Å². The SMILES string of the molecule is CC(C(=O)O)N(C)C(=O)N1CCSC(C)(C)CC1. The molecule has 1 aliphatic heterocycles. The highest BCUT2D eigenvalue weighted by molar-refractivity contribution is 8.00. The number of thioether (sulfide) groups is 1. The molecule has 0 saturated carbocycles. The van der Waals surface area contributed by atoms with Gasteiger partial charge in [-0.15, -0.1) is 0 Å². The first kappa shape index (κ1) is 15.1. The summed E-state index contributed by atoms with van der Waals surface area (Å²) in [5.74, 6) is -0.0796. The molecule has 1 N–H and O–H groups in total. The first-order valence-corrected chi connectivity index (χ1v) is 7.11. The molecule has 0 radical (unpaired) electrons. The molecule has 1 atom stereocenters. The summed E-state index contributed by atoms with van der Waals surface area (Å²) in [4.78, 5) is 26.1. The maximum atomic E-state index is 12.2. The number of likely N-dealkylation sites (N-methyl/N-ethyl adjacent to an activating group) is 1.